The van der Waals surface area contributed by atoms with Gasteiger partial charge in [-0.05, 0) is 78.6 Å². The number of hydrogen-bond acceptors (Lipinski definition) is 9. The van der Waals surface area contributed by atoms with Crippen molar-refractivity contribution in [3.63, 3.8) is 0 Å². The number of rotatable bonds is 12. The van der Waals surface area contributed by atoms with Crippen LogP contribution >= 0.6 is 0 Å². The quantitative estimate of drug-likeness (QED) is 0.0964. The number of nitrogens with zero attached hydrogens (tertiary/aromatic N) is 4. The Kier molecular flexibility index (Phi) is 10.4. The number of nitro groups is 1. The SMILES string of the molecule is COC1(Cc2ccccc2-c2ccccc2)CCN(c2ccc3c(NS(=O)(=O)c4ccc(NCC5CCCCC5)c([N+](=O)[O-])c4)ncnc3c2)CC1. The van der Waals surface area contributed by atoms with Crippen LogP contribution < -0.4 is 14.9 Å². The van der Waals surface area contributed by atoms with E-state index in [-0.39, 0.29) is 22.0 Å². The highest BCUT2D eigenvalue weighted by molar-refractivity contribution is 7.92. The molecule has 1 saturated heterocycles. The number of methoxy groups -OCH3 is 1. The van der Waals surface area contributed by atoms with Gasteiger partial charge < -0.3 is 15.0 Å². The zero-order valence-corrected chi connectivity index (χ0v) is 30.1. The number of piperidine rings is 1. The summed E-state index contributed by atoms with van der Waals surface area (Å²) >= 11 is 0. The molecule has 2 heterocycles. The number of sulfonamides is 1. The van der Waals surface area contributed by atoms with E-state index in [1.807, 2.05) is 24.3 Å². The molecule has 0 radical (unpaired) electrons. The van der Waals surface area contributed by atoms with E-state index in [9.17, 15) is 18.5 Å². The van der Waals surface area contributed by atoms with Crippen LogP contribution in [0.1, 0.15) is 50.5 Å². The van der Waals surface area contributed by atoms with Crippen molar-refractivity contribution >= 4 is 43.8 Å². The fourth-order valence-electron chi connectivity index (χ4n) is 7.68. The smallest absolute Gasteiger partial charge is 0.293 e. The first-order valence-corrected chi connectivity index (χ1v) is 19.5. The Balaban J connectivity index is 1.05. The lowest BCUT2D eigenvalue weighted by molar-refractivity contribution is -0.384. The van der Waals surface area contributed by atoms with Crippen LogP contribution in [0.4, 0.5) is 22.9 Å². The Morgan fingerprint density at radius 3 is 2.42 bits per heavy atom. The average molecular weight is 721 g/mol. The van der Waals surface area contributed by atoms with Gasteiger partial charge in [-0.2, -0.15) is 0 Å². The Hall–Kier alpha value is -5.07. The van der Waals surface area contributed by atoms with Crippen LogP contribution in [-0.4, -0.2) is 55.7 Å². The number of nitrogens with one attached hydrogen (secondary N) is 2. The van der Waals surface area contributed by atoms with E-state index in [1.54, 1.807) is 7.11 Å². The Morgan fingerprint density at radius 2 is 1.67 bits per heavy atom. The highest BCUT2D eigenvalue weighted by atomic mass is 32.2. The first-order chi connectivity index (χ1) is 25.2. The molecule has 1 aliphatic heterocycles. The molecule has 5 aromatic rings. The van der Waals surface area contributed by atoms with Crippen molar-refractivity contribution in [1.82, 2.24) is 9.97 Å². The molecular weight excluding hydrogens is 677 g/mol. The molecule has 1 aliphatic carbocycles. The van der Waals surface area contributed by atoms with Gasteiger partial charge in [0.1, 0.15) is 12.0 Å². The maximum absolute atomic E-state index is 13.5. The van der Waals surface area contributed by atoms with Crippen molar-refractivity contribution in [2.75, 3.05) is 41.7 Å². The van der Waals surface area contributed by atoms with Crippen LogP contribution in [0, 0.1) is 16.0 Å². The molecule has 270 valence electrons. The van der Waals surface area contributed by atoms with Gasteiger partial charge in [0, 0.05) is 50.3 Å². The summed E-state index contributed by atoms with van der Waals surface area (Å²) in [5.74, 6) is 0.556. The van der Waals surface area contributed by atoms with Gasteiger partial charge in [-0.25, -0.2) is 18.4 Å². The van der Waals surface area contributed by atoms with E-state index in [4.69, 9.17) is 4.74 Å². The summed E-state index contributed by atoms with van der Waals surface area (Å²) < 4.78 is 35.9. The predicted molar refractivity (Wildman–Crippen MR) is 205 cm³/mol. The minimum atomic E-state index is -4.20. The summed E-state index contributed by atoms with van der Waals surface area (Å²) in [4.78, 5) is 22.2. The Labute approximate surface area is 304 Å². The minimum Gasteiger partial charge on any atom is -0.379 e. The van der Waals surface area contributed by atoms with Crippen LogP contribution in [0.5, 0.6) is 0 Å². The minimum absolute atomic E-state index is 0.104. The number of nitro benzene ring substituents is 1. The number of benzene rings is 4. The summed E-state index contributed by atoms with van der Waals surface area (Å²) in [5.41, 5.74) is 4.96. The van der Waals surface area contributed by atoms with Gasteiger partial charge in [0.25, 0.3) is 15.7 Å². The largest absolute Gasteiger partial charge is 0.379 e. The van der Waals surface area contributed by atoms with E-state index >= 15 is 0 Å². The van der Waals surface area contributed by atoms with Crippen LogP contribution in [-0.2, 0) is 21.2 Å². The first-order valence-electron chi connectivity index (χ1n) is 18.0. The fraction of sp³-hybridized carbons (Fsp3) is 0.350. The molecule has 0 spiro atoms. The predicted octanol–water partition coefficient (Wildman–Crippen LogP) is 8.23. The van der Waals surface area contributed by atoms with E-state index in [2.05, 4.69) is 73.4 Å². The summed E-state index contributed by atoms with van der Waals surface area (Å²) in [6.07, 6.45) is 9.51. The molecule has 0 amide bonds. The van der Waals surface area contributed by atoms with E-state index < -0.39 is 14.9 Å². The van der Waals surface area contributed by atoms with Crippen molar-refractivity contribution in [2.45, 2.75) is 61.9 Å². The van der Waals surface area contributed by atoms with Crippen molar-refractivity contribution in [3.05, 3.63) is 113 Å². The number of aromatic nitrogens is 2. The zero-order chi connectivity index (χ0) is 36.1. The average Bonchev–Trinajstić information content (AvgIpc) is 3.18. The molecule has 0 unspecified atom stereocenters. The second-order valence-corrected chi connectivity index (χ2v) is 15.6. The van der Waals surface area contributed by atoms with Crippen LogP contribution in [0.25, 0.3) is 22.0 Å². The molecular formula is C40H44N6O5S. The van der Waals surface area contributed by atoms with Gasteiger partial charge in [0.15, 0.2) is 5.82 Å². The summed E-state index contributed by atoms with van der Waals surface area (Å²) in [7, 11) is -2.40. The zero-order valence-electron chi connectivity index (χ0n) is 29.3. The summed E-state index contributed by atoms with van der Waals surface area (Å²) in [5, 5.41) is 15.7. The lowest BCUT2D eigenvalue weighted by Gasteiger charge is -2.42. The number of anilines is 3. The van der Waals surface area contributed by atoms with E-state index in [0.717, 1.165) is 69.8 Å². The van der Waals surface area contributed by atoms with Crippen LogP contribution in [0.3, 0.4) is 0 Å². The topological polar surface area (TPSA) is 140 Å². The lowest BCUT2D eigenvalue weighted by Crippen LogP contribution is -2.47. The molecule has 2 N–H and O–H groups in total. The van der Waals surface area contributed by atoms with Crippen LogP contribution in [0.15, 0.2) is 102 Å². The molecule has 0 atom stereocenters. The van der Waals surface area contributed by atoms with Crippen LogP contribution in [0.2, 0.25) is 0 Å². The second-order valence-electron chi connectivity index (χ2n) is 13.9. The van der Waals surface area contributed by atoms with Gasteiger partial charge >= 0.3 is 0 Å². The van der Waals surface area contributed by atoms with Gasteiger partial charge in [-0.1, -0.05) is 73.9 Å². The van der Waals surface area contributed by atoms with E-state index in [1.165, 1.54) is 41.6 Å². The van der Waals surface area contributed by atoms with Crippen molar-refractivity contribution < 1.29 is 18.1 Å². The third kappa shape index (κ3) is 7.73. The van der Waals surface area contributed by atoms with Gasteiger partial charge in [-0.15, -0.1) is 0 Å². The molecule has 2 aliphatic rings. The molecule has 11 nitrogen and oxygen atoms in total. The van der Waals surface area contributed by atoms with Crippen molar-refractivity contribution in [1.29, 1.82) is 0 Å². The monoisotopic (exact) mass is 720 g/mol. The van der Waals surface area contributed by atoms with E-state index in [0.29, 0.717) is 29.1 Å². The highest BCUT2D eigenvalue weighted by Gasteiger charge is 2.36. The molecule has 1 saturated carbocycles. The lowest BCUT2D eigenvalue weighted by atomic mass is 9.82. The van der Waals surface area contributed by atoms with Gasteiger partial charge in [0.2, 0.25) is 0 Å². The maximum Gasteiger partial charge on any atom is 0.293 e. The molecule has 52 heavy (non-hydrogen) atoms. The second kappa shape index (κ2) is 15.3. The Morgan fingerprint density at radius 1 is 0.923 bits per heavy atom. The normalized spacial score (nSPS) is 16.4. The molecule has 7 rings (SSSR count). The highest BCUT2D eigenvalue weighted by Crippen LogP contribution is 2.37. The van der Waals surface area contributed by atoms with Gasteiger partial charge in [0.05, 0.1) is 20.9 Å². The maximum atomic E-state index is 13.5. The number of fused-ring (bicyclic) bond motifs is 1. The third-order valence-corrected chi connectivity index (χ3v) is 12.1. The number of ether oxygens (including phenoxy) is 1. The summed E-state index contributed by atoms with van der Waals surface area (Å²) in [6.45, 7) is 2.18. The molecule has 1 aromatic heterocycles. The standard InChI is InChI=1S/C40H44N6O5S/c1-51-40(26-31-14-8-9-15-34(31)30-12-6-3-7-13-30)20-22-45(23-21-40)32-16-18-35-37(24-32)42-28-43-39(35)44-52(49,50)33-17-19-36(38(25-33)46(47)48)41-27-29-10-4-2-5-11-29/h3,6-9,12-19,24-25,28-29,41H,2,4-5,10-11,20-23,26-27H2,1H3,(H,42,43,44). The molecule has 4 aromatic carbocycles. The molecule has 12 heteroatoms. The fourth-order valence-corrected chi connectivity index (χ4v) is 8.73. The summed E-state index contributed by atoms with van der Waals surface area (Å²) in [6, 6.07) is 28.6. The molecule has 0 bridgehead atoms. The Bertz CT molecular complexity index is 2150. The third-order valence-electron chi connectivity index (χ3n) is 10.7. The van der Waals surface area contributed by atoms with Crippen molar-refractivity contribution in [3.8, 4) is 11.1 Å². The first kappa shape index (κ1) is 35.3. The van der Waals surface area contributed by atoms with Gasteiger partial charge in [-0.3, -0.25) is 14.8 Å². The van der Waals surface area contributed by atoms with Crippen molar-refractivity contribution in [2.24, 2.45) is 5.92 Å². The molecule has 2 fully saturated rings. The number of hydrogen-bond donors (Lipinski definition) is 2.